The van der Waals surface area contributed by atoms with Crippen molar-refractivity contribution in [3.8, 4) is 11.6 Å². The van der Waals surface area contributed by atoms with Gasteiger partial charge in [0.25, 0.3) is 10.7 Å². The van der Waals surface area contributed by atoms with Crippen LogP contribution >= 0.6 is 23.6 Å². The molecule has 3 heterocycles. The Morgan fingerprint density at radius 3 is 2.79 bits per heavy atom. The number of nitrogens with one attached hydrogen (secondary N) is 1. The van der Waals surface area contributed by atoms with Crippen LogP contribution in [0.15, 0.2) is 9.80 Å². The summed E-state index contributed by atoms with van der Waals surface area (Å²) in [6, 6.07) is 0. The molecule has 19 heavy (non-hydrogen) atoms. The van der Waals surface area contributed by atoms with Crippen molar-refractivity contribution >= 4 is 23.6 Å². The summed E-state index contributed by atoms with van der Waals surface area (Å²) in [5, 5.41) is 9.70. The molecule has 7 heteroatoms. The Kier molecular flexibility index (Phi) is 4.05. The molecule has 0 amide bonds. The van der Waals surface area contributed by atoms with E-state index >= 15 is 0 Å². The lowest BCUT2D eigenvalue weighted by molar-refractivity contribution is 0.276. The number of aromatic amines is 1. The normalized spacial score (nSPS) is 17.5. The van der Waals surface area contributed by atoms with E-state index in [9.17, 15) is 0 Å². The van der Waals surface area contributed by atoms with Gasteiger partial charge in [-0.25, -0.2) is 10.1 Å². The first-order valence-electron chi connectivity index (χ1n) is 6.54. The first kappa shape index (κ1) is 13.0. The Morgan fingerprint density at radius 1 is 1.32 bits per heavy atom. The zero-order chi connectivity index (χ0) is 13.1. The predicted molar refractivity (Wildman–Crippen MR) is 76.5 cm³/mol. The van der Waals surface area contributed by atoms with Gasteiger partial charge in [0, 0.05) is 5.38 Å². The fraction of sp³-hybridized carbons (Fsp3) is 0.583. The van der Waals surface area contributed by atoms with E-state index in [2.05, 4.69) is 20.1 Å². The lowest BCUT2D eigenvalue weighted by Crippen LogP contribution is -2.23. The Morgan fingerprint density at radius 2 is 2.11 bits per heavy atom. The molecule has 5 nitrogen and oxygen atoms in total. The average Bonchev–Trinajstić information content (AvgIpc) is 2.94. The Labute approximate surface area is 120 Å². The smallest absolute Gasteiger partial charge is 0.284 e. The van der Waals surface area contributed by atoms with E-state index in [4.69, 9.17) is 16.6 Å². The summed E-state index contributed by atoms with van der Waals surface area (Å²) in [5.41, 5.74) is 0.766. The Hall–Kier alpha value is -1.05. The molecule has 0 radical (unpaired) electrons. The minimum absolute atomic E-state index is 0.289. The molecule has 1 N–H and O–H groups in total. The number of nitrogens with zero attached hydrogens (tertiary/aromatic N) is 3. The maximum absolute atomic E-state index is 5.27. The van der Waals surface area contributed by atoms with Gasteiger partial charge in [-0.05, 0) is 38.1 Å². The average molecular weight is 296 g/mol. The maximum Gasteiger partial charge on any atom is 0.284 e. The number of hydrogen-bond donors (Lipinski definition) is 1. The summed E-state index contributed by atoms with van der Waals surface area (Å²) in [7, 11) is 0. The highest BCUT2D eigenvalue weighted by Gasteiger charge is 2.14. The Bertz CT molecular complexity index is 580. The van der Waals surface area contributed by atoms with Gasteiger partial charge in [0.2, 0.25) is 0 Å². The molecular weight excluding hydrogens is 280 g/mol. The van der Waals surface area contributed by atoms with Crippen molar-refractivity contribution in [2.45, 2.75) is 32.2 Å². The van der Waals surface area contributed by atoms with Crippen LogP contribution in [-0.4, -0.2) is 33.2 Å². The van der Waals surface area contributed by atoms with Crippen LogP contribution in [0.3, 0.4) is 0 Å². The van der Waals surface area contributed by atoms with Crippen molar-refractivity contribution in [3.63, 3.8) is 0 Å². The van der Waals surface area contributed by atoms with Crippen molar-refractivity contribution in [1.82, 2.24) is 20.1 Å². The fourth-order valence-corrected chi connectivity index (χ4v) is 3.24. The van der Waals surface area contributed by atoms with Gasteiger partial charge < -0.3 is 4.42 Å². The molecule has 0 saturated carbocycles. The van der Waals surface area contributed by atoms with Crippen molar-refractivity contribution in [2.75, 3.05) is 13.1 Å². The molecular formula is C12H16N4OS2. The molecule has 0 unspecified atom stereocenters. The van der Waals surface area contributed by atoms with Crippen molar-refractivity contribution in [2.24, 2.45) is 0 Å². The standard InChI is InChI=1S/C12H16N4OS2/c18-12-15-14-11(17-12)9-8-19-10(13-9)7-16-5-3-1-2-4-6-16/h8H,1-7H2,(H,15,18). The maximum atomic E-state index is 5.27. The summed E-state index contributed by atoms with van der Waals surface area (Å²) in [5.74, 6) is 0.475. The number of aromatic nitrogens is 3. The molecule has 1 aliphatic heterocycles. The van der Waals surface area contributed by atoms with Crippen LogP contribution in [0.2, 0.25) is 0 Å². The van der Waals surface area contributed by atoms with Gasteiger partial charge in [-0.2, -0.15) is 0 Å². The van der Waals surface area contributed by atoms with Crippen LogP contribution in [0, 0.1) is 4.84 Å². The van der Waals surface area contributed by atoms with Gasteiger partial charge in [-0.1, -0.05) is 12.8 Å². The van der Waals surface area contributed by atoms with Crippen LogP contribution in [0.4, 0.5) is 0 Å². The molecule has 1 fully saturated rings. The van der Waals surface area contributed by atoms with Crippen LogP contribution in [0.5, 0.6) is 0 Å². The van der Waals surface area contributed by atoms with Crippen LogP contribution in [0.1, 0.15) is 30.7 Å². The van der Waals surface area contributed by atoms with Gasteiger partial charge in [-0.3, -0.25) is 4.90 Å². The van der Waals surface area contributed by atoms with Gasteiger partial charge in [0.1, 0.15) is 10.7 Å². The van der Waals surface area contributed by atoms with E-state index < -0.39 is 0 Å². The molecule has 1 saturated heterocycles. The van der Waals surface area contributed by atoms with E-state index in [-0.39, 0.29) is 4.84 Å². The third-order valence-electron chi connectivity index (χ3n) is 3.27. The second kappa shape index (κ2) is 5.94. The lowest BCUT2D eigenvalue weighted by atomic mass is 10.2. The molecule has 2 aromatic rings. The number of likely N-dealkylation sites (tertiary alicyclic amines) is 1. The number of rotatable bonds is 3. The summed E-state index contributed by atoms with van der Waals surface area (Å²) in [6.07, 6.45) is 5.30. The van der Waals surface area contributed by atoms with Crippen LogP contribution in [0.25, 0.3) is 11.6 Å². The second-order valence-electron chi connectivity index (χ2n) is 4.74. The molecule has 0 spiro atoms. The molecule has 102 valence electrons. The number of thiazole rings is 1. The van der Waals surface area contributed by atoms with E-state index in [0.29, 0.717) is 5.89 Å². The van der Waals surface area contributed by atoms with Crippen molar-refractivity contribution in [3.05, 3.63) is 15.2 Å². The SMILES string of the molecule is S=c1[nH]nc(-c2csc(CN3CCCCCC3)n2)o1. The third kappa shape index (κ3) is 3.29. The minimum atomic E-state index is 0.289. The van der Waals surface area contributed by atoms with Gasteiger partial charge in [-0.15, -0.1) is 16.4 Å². The van der Waals surface area contributed by atoms with Crippen LogP contribution < -0.4 is 0 Å². The highest BCUT2D eigenvalue weighted by atomic mass is 32.1. The van der Waals surface area contributed by atoms with E-state index in [1.165, 1.54) is 38.8 Å². The highest BCUT2D eigenvalue weighted by Crippen LogP contribution is 2.22. The zero-order valence-electron chi connectivity index (χ0n) is 10.6. The first-order chi connectivity index (χ1) is 9.31. The Balaban J connectivity index is 1.69. The zero-order valence-corrected chi connectivity index (χ0v) is 12.2. The summed E-state index contributed by atoms with van der Waals surface area (Å²) < 4.78 is 5.27. The molecule has 0 aliphatic carbocycles. The largest absolute Gasteiger partial charge is 0.408 e. The third-order valence-corrected chi connectivity index (χ3v) is 4.27. The van der Waals surface area contributed by atoms with Crippen LogP contribution in [-0.2, 0) is 6.54 Å². The topological polar surface area (TPSA) is 58.0 Å². The summed E-state index contributed by atoms with van der Waals surface area (Å²) >= 11 is 6.52. The molecule has 1 aliphatic rings. The van der Waals surface area contributed by atoms with E-state index in [1.807, 2.05) is 5.38 Å². The lowest BCUT2D eigenvalue weighted by Gasteiger charge is -2.17. The first-order valence-corrected chi connectivity index (χ1v) is 7.83. The molecule has 3 rings (SSSR count). The van der Waals surface area contributed by atoms with Gasteiger partial charge >= 0.3 is 0 Å². The molecule has 0 aromatic carbocycles. The van der Waals surface area contributed by atoms with Crippen molar-refractivity contribution in [1.29, 1.82) is 0 Å². The van der Waals surface area contributed by atoms with Gasteiger partial charge in [0.15, 0.2) is 0 Å². The highest BCUT2D eigenvalue weighted by molar-refractivity contribution is 7.71. The number of hydrogen-bond acceptors (Lipinski definition) is 6. The minimum Gasteiger partial charge on any atom is -0.408 e. The quantitative estimate of drug-likeness (QED) is 0.881. The monoisotopic (exact) mass is 296 g/mol. The second-order valence-corrected chi connectivity index (χ2v) is 6.05. The van der Waals surface area contributed by atoms with E-state index in [0.717, 1.165) is 17.2 Å². The van der Waals surface area contributed by atoms with E-state index in [1.54, 1.807) is 11.3 Å². The van der Waals surface area contributed by atoms with Crippen molar-refractivity contribution < 1.29 is 4.42 Å². The molecule has 2 aromatic heterocycles. The molecule has 0 bridgehead atoms. The summed E-state index contributed by atoms with van der Waals surface area (Å²) in [4.78, 5) is 7.34. The molecule has 0 atom stereocenters. The predicted octanol–water partition coefficient (Wildman–Crippen LogP) is 3.23. The number of H-pyrrole nitrogens is 1. The summed E-state index contributed by atoms with van der Waals surface area (Å²) in [6.45, 7) is 3.28. The van der Waals surface area contributed by atoms with Gasteiger partial charge in [0.05, 0.1) is 6.54 Å². The fourth-order valence-electron chi connectivity index (χ4n) is 2.31.